The Morgan fingerprint density at radius 2 is 2.04 bits per heavy atom. The highest BCUT2D eigenvalue weighted by atomic mass is 16.5. The number of nitrogens with zero attached hydrogens (tertiary/aromatic N) is 2. The van der Waals surface area contributed by atoms with Crippen molar-refractivity contribution >= 4 is 5.96 Å². The number of phenolic OH excluding ortho intramolecular Hbond substituents is 1. The molecule has 0 bridgehead atoms. The van der Waals surface area contributed by atoms with Gasteiger partial charge in [-0.05, 0) is 35.6 Å². The van der Waals surface area contributed by atoms with Crippen molar-refractivity contribution in [3.63, 3.8) is 0 Å². The number of methoxy groups -OCH3 is 1. The Morgan fingerprint density at radius 3 is 2.76 bits per heavy atom. The van der Waals surface area contributed by atoms with Crippen LogP contribution in [0.1, 0.15) is 16.7 Å². The maximum Gasteiger partial charge on any atom is 0.193 e. The highest BCUT2D eigenvalue weighted by Crippen LogP contribution is 2.23. The lowest BCUT2D eigenvalue weighted by atomic mass is 10.0. The molecule has 1 heterocycles. The van der Waals surface area contributed by atoms with Crippen LogP contribution < -0.4 is 10.1 Å². The minimum atomic E-state index is 0.267. The lowest BCUT2D eigenvalue weighted by Gasteiger charge is -2.31. The zero-order valence-electron chi connectivity index (χ0n) is 14.8. The summed E-state index contributed by atoms with van der Waals surface area (Å²) >= 11 is 0. The predicted octanol–water partition coefficient (Wildman–Crippen LogP) is 2.58. The number of guanidine groups is 1. The van der Waals surface area contributed by atoms with E-state index in [0.717, 1.165) is 37.5 Å². The fourth-order valence-electron chi connectivity index (χ4n) is 3.20. The minimum Gasteiger partial charge on any atom is -0.508 e. The van der Waals surface area contributed by atoms with Gasteiger partial charge >= 0.3 is 0 Å². The molecular weight excluding hydrogens is 314 g/mol. The number of aromatic hydroxyl groups is 1. The number of rotatable bonds is 4. The third kappa shape index (κ3) is 4.05. The van der Waals surface area contributed by atoms with Crippen molar-refractivity contribution in [2.24, 2.45) is 4.99 Å². The van der Waals surface area contributed by atoms with Gasteiger partial charge in [0.2, 0.25) is 0 Å². The minimum absolute atomic E-state index is 0.267. The second-order valence-electron chi connectivity index (χ2n) is 6.16. The first-order valence-electron chi connectivity index (χ1n) is 8.59. The lowest BCUT2D eigenvalue weighted by molar-refractivity contribution is 0.379. The predicted molar refractivity (Wildman–Crippen MR) is 100 cm³/mol. The number of nitrogens with one attached hydrogen (secondary N) is 1. The molecule has 0 fully saturated rings. The van der Waals surface area contributed by atoms with Gasteiger partial charge in [-0.15, -0.1) is 0 Å². The van der Waals surface area contributed by atoms with E-state index in [9.17, 15) is 5.11 Å². The normalized spacial score (nSPS) is 14.2. The third-order valence-corrected chi connectivity index (χ3v) is 4.61. The van der Waals surface area contributed by atoms with Gasteiger partial charge in [0.1, 0.15) is 11.5 Å². The van der Waals surface area contributed by atoms with E-state index in [4.69, 9.17) is 4.74 Å². The average molecular weight is 339 g/mol. The average Bonchev–Trinajstić information content (AvgIpc) is 2.66. The molecule has 2 N–H and O–H groups in total. The van der Waals surface area contributed by atoms with E-state index < -0.39 is 0 Å². The van der Waals surface area contributed by atoms with Crippen molar-refractivity contribution in [1.29, 1.82) is 0 Å². The standard InChI is InChI=1S/C20H25N3O2/c1-21-20(23-12-10-15-5-3-4-6-17(15)14-23)22-11-9-16-7-8-18(25-2)13-19(16)24/h3-8,13,24H,9-12,14H2,1-2H3,(H,21,22). The van der Waals surface area contributed by atoms with Crippen LogP contribution in [0.3, 0.4) is 0 Å². The lowest BCUT2D eigenvalue weighted by Crippen LogP contribution is -2.44. The molecule has 0 radical (unpaired) electrons. The van der Waals surface area contributed by atoms with E-state index in [1.54, 1.807) is 13.2 Å². The van der Waals surface area contributed by atoms with Crippen LogP contribution in [0.5, 0.6) is 11.5 Å². The Bertz CT molecular complexity index is 758. The molecule has 0 unspecified atom stereocenters. The van der Waals surface area contributed by atoms with Crippen molar-refractivity contribution in [1.82, 2.24) is 10.2 Å². The highest BCUT2D eigenvalue weighted by Gasteiger charge is 2.18. The summed E-state index contributed by atoms with van der Waals surface area (Å²) in [5.41, 5.74) is 3.69. The van der Waals surface area contributed by atoms with E-state index in [-0.39, 0.29) is 5.75 Å². The summed E-state index contributed by atoms with van der Waals surface area (Å²) in [6, 6.07) is 14.0. The Labute approximate surface area is 149 Å². The largest absolute Gasteiger partial charge is 0.508 e. The van der Waals surface area contributed by atoms with Gasteiger partial charge in [0.15, 0.2) is 5.96 Å². The summed E-state index contributed by atoms with van der Waals surface area (Å²) in [5, 5.41) is 13.5. The van der Waals surface area contributed by atoms with E-state index in [2.05, 4.69) is 39.5 Å². The van der Waals surface area contributed by atoms with Gasteiger partial charge in [-0.2, -0.15) is 0 Å². The second-order valence-corrected chi connectivity index (χ2v) is 6.16. The molecule has 0 saturated carbocycles. The van der Waals surface area contributed by atoms with Crippen LogP contribution in [0.4, 0.5) is 0 Å². The smallest absolute Gasteiger partial charge is 0.193 e. The highest BCUT2D eigenvalue weighted by molar-refractivity contribution is 5.80. The summed E-state index contributed by atoms with van der Waals surface area (Å²) in [7, 11) is 3.41. The van der Waals surface area contributed by atoms with Crippen molar-refractivity contribution < 1.29 is 9.84 Å². The molecule has 5 nitrogen and oxygen atoms in total. The van der Waals surface area contributed by atoms with Crippen molar-refractivity contribution in [3.05, 3.63) is 59.2 Å². The number of fused-ring (bicyclic) bond motifs is 1. The molecule has 5 heteroatoms. The first kappa shape index (κ1) is 17.1. The molecule has 132 valence electrons. The molecule has 2 aromatic rings. The van der Waals surface area contributed by atoms with Crippen LogP contribution in [-0.4, -0.2) is 43.2 Å². The molecule has 1 aliphatic rings. The Balaban J connectivity index is 1.57. The first-order valence-corrected chi connectivity index (χ1v) is 8.59. The van der Waals surface area contributed by atoms with Crippen LogP contribution in [0.15, 0.2) is 47.5 Å². The van der Waals surface area contributed by atoms with Crippen LogP contribution >= 0.6 is 0 Å². The van der Waals surface area contributed by atoms with E-state index >= 15 is 0 Å². The summed E-state index contributed by atoms with van der Waals surface area (Å²) in [6.07, 6.45) is 1.76. The maximum atomic E-state index is 10.1. The molecular formula is C20H25N3O2. The van der Waals surface area contributed by atoms with Crippen molar-refractivity contribution in [2.75, 3.05) is 27.2 Å². The summed E-state index contributed by atoms with van der Waals surface area (Å²) < 4.78 is 5.12. The number of phenols is 1. The van der Waals surface area contributed by atoms with Crippen molar-refractivity contribution in [2.45, 2.75) is 19.4 Å². The van der Waals surface area contributed by atoms with Crippen molar-refractivity contribution in [3.8, 4) is 11.5 Å². The van der Waals surface area contributed by atoms with Gasteiger partial charge in [-0.25, -0.2) is 0 Å². The molecule has 3 rings (SSSR count). The quantitative estimate of drug-likeness (QED) is 0.664. The van der Waals surface area contributed by atoms with E-state index in [1.165, 1.54) is 11.1 Å². The molecule has 0 aromatic heterocycles. The molecule has 1 aliphatic heterocycles. The summed E-state index contributed by atoms with van der Waals surface area (Å²) in [4.78, 5) is 6.69. The van der Waals surface area contributed by atoms with Gasteiger partial charge < -0.3 is 20.1 Å². The number of benzene rings is 2. The topological polar surface area (TPSA) is 57.1 Å². The van der Waals surface area contributed by atoms with Crippen LogP contribution in [0.25, 0.3) is 0 Å². The van der Waals surface area contributed by atoms with E-state index in [1.807, 2.05) is 19.2 Å². The van der Waals surface area contributed by atoms with Gasteiger partial charge in [0, 0.05) is 32.7 Å². The summed E-state index contributed by atoms with van der Waals surface area (Å²) in [6.45, 7) is 2.55. The fraction of sp³-hybridized carbons (Fsp3) is 0.350. The zero-order valence-corrected chi connectivity index (χ0v) is 14.8. The maximum absolute atomic E-state index is 10.1. The van der Waals surface area contributed by atoms with Crippen LogP contribution in [0.2, 0.25) is 0 Å². The monoisotopic (exact) mass is 339 g/mol. The zero-order chi connectivity index (χ0) is 17.6. The molecule has 25 heavy (non-hydrogen) atoms. The first-order chi connectivity index (χ1) is 12.2. The molecule has 0 aliphatic carbocycles. The molecule has 0 saturated heterocycles. The second kappa shape index (κ2) is 7.92. The SMILES string of the molecule is CN=C(NCCc1ccc(OC)cc1O)N1CCc2ccccc2C1. The van der Waals surface area contributed by atoms with Gasteiger partial charge in [-0.3, -0.25) is 4.99 Å². The number of hydrogen-bond donors (Lipinski definition) is 2. The van der Waals surface area contributed by atoms with Crippen LogP contribution in [-0.2, 0) is 19.4 Å². The Morgan fingerprint density at radius 1 is 1.24 bits per heavy atom. The van der Waals surface area contributed by atoms with Gasteiger partial charge in [0.25, 0.3) is 0 Å². The Kier molecular flexibility index (Phi) is 5.43. The third-order valence-electron chi connectivity index (χ3n) is 4.61. The molecule has 0 spiro atoms. The summed E-state index contributed by atoms with van der Waals surface area (Å²) in [5.74, 6) is 1.84. The molecule has 0 amide bonds. The number of hydrogen-bond acceptors (Lipinski definition) is 3. The number of ether oxygens (including phenoxy) is 1. The van der Waals surface area contributed by atoms with E-state index in [0.29, 0.717) is 12.3 Å². The van der Waals surface area contributed by atoms with Gasteiger partial charge in [0.05, 0.1) is 7.11 Å². The van der Waals surface area contributed by atoms with Gasteiger partial charge in [-0.1, -0.05) is 30.3 Å². The molecule has 0 atom stereocenters. The Hall–Kier alpha value is -2.69. The number of aliphatic imine (C=N–C) groups is 1. The fourth-order valence-corrected chi connectivity index (χ4v) is 3.20. The molecule has 2 aromatic carbocycles. The van der Waals surface area contributed by atoms with Crippen LogP contribution in [0, 0.1) is 0 Å².